The minimum Gasteiger partial charge on any atom is -0.310 e. The number of nitrogens with zero attached hydrogens (tertiary/aromatic N) is 1. The molecule has 0 aromatic carbocycles. The van der Waals surface area contributed by atoms with Crippen LogP contribution in [-0.4, -0.2) is 11.5 Å². The molecule has 16 heavy (non-hydrogen) atoms. The molecule has 2 rings (SSSR count). The van der Waals surface area contributed by atoms with E-state index in [4.69, 9.17) is 0 Å². The minimum atomic E-state index is 0.825. The Hall–Kier alpha value is -0.410. The Labute approximate surface area is 102 Å². The van der Waals surface area contributed by atoms with Crippen molar-refractivity contribution in [2.24, 2.45) is 5.92 Å². The second-order valence-corrected chi connectivity index (χ2v) is 6.21. The number of rotatable bonds is 6. The predicted molar refractivity (Wildman–Crippen MR) is 69.9 cm³/mol. The van der Waals surface area contributed by atoms with Gasteiger partial charge in [0.05, 0.1) is 5.69 Å². The summed E-state index contributed by atoms with van der Waals surface area (Å²) in [6.07, 6.45) is 6.39. The van der Waals surface area contributed by atoms with Crippen LogP contribution in [0.15, 0.2) is 0 Å². The molecule has 1 N–H and O–H groups in total. The van der Waals surface area contributed by atoms with Crippen molar-refractivity contribution >= 4 is 11.3 Å². The molecule has 1 heterocycles. The molecule has 0 bridgehead atoms. The van der Waals surface area contributed by atoms with Crippen LogP contribution < -0.4 is 5.32 Å². The second-order valence-electron chi connectivity index (χ2n) is 5.04. The number of aromatic nitrogens is 1. The van der Waals surface area contributed by atoms with Gasteiger partial charge < -0.3 is 5.32 Å². The first-order valence-corrected chi connectivity index (χ1v) is 7.25. The summed E-state index contributed by atoms with van der Waals surface area (Å²) in [6, 6.07) is 0. The Morgan fingerprint density at radius 2 is 2.25 bits per heavy atom. The van der Waals surface area contributed by atoms with Crippen molar-refractivity contribution in [1.29, 1.82) is 0 Å². The summed E-state index contributed by atoms with van der Waals surface area (Å²) in [4.78, 5) is 6.22. The molecule has 0 saturated carbocycles. The van der Waals surface area contributed by atoms with Gasteiger partial charge in [0.1, 0.15) is 5.01 Å². The van der Waals surface area contributed by atoms with Crippen LogP contribution in [0.25, 0.3) is 0 Å². The van der Waals surface area contributed by atoms with Gasteiger partial charge in [-0.1, -0.05) is 13.8 Å². The van der Waals surface area contributed by atoms with Crippen molar-refractivity contribution in [3.63, 3.8) is 0 Å². The van der Waals surface area contributed by atoms with Crippen LogP contribution >= 0.6 is 11.3 Å². The summed E-state index contributed by atoms with van der Waals surface area (Å²) in [5, 5.41) is 4.78. The molecular formula is C13H22N2S. The Morgan fingerprint density at radius 1 is 1.38 bits per heavy atom. The number of hydrogen-bond donors (Lipinski definition) is 1. The van der Waals surface area contributed by atoms with Crippen molar-refractivity contribution in [2.45, 2.75) is 52.5 Å². The summed E-state index contributed by atoms with van der Waals surface area (Å²) in [7, 11) is 0. The fourth-order valence-corrected chi connectivity index (χ4v) is 3.28. The maximum Gasteiger partial charge on any atom is 0.107 e. The van der Waals surface area contributed by atoms with Gasteiger partial charge in [0, 0.05) is 11.4 Å². The second kappa shape index (κ2) is 5.78. The topological polar surface area (TPSA) is 24.9 Å². The van der Waals surface area contributed by atoms with Gasteiger partial charge in [-0.3, -0.25) is 0 Å². The van der Waals surface area contributed by atoms with E-state index in [2.05, 4.69) is 24.1 Å². The zero-order valence-electron chi connectivity index (χ0n) is 10.4. The standard InChI is InChI=1S/C13H22N2S/c1-10(2)5-4-8-14-9-13-15-11-6-3-7-12(11)16-13/h10,14H,3-9H2,1-2H3. The SMILES string of the molecule is CC(C)CCCNCc1nc2c(s1)CCC2. The molecule has 1 aromatic heterocycles. The summed E-state index contributed by atoms with van der Waals surface area (Å²) in [5.41, 5.74) is 1.38. The maximum atomic E-state index is 4.68. The lowest BCUT2D eigenvalue weighted by molar-refractivity contribution is 0.527. The van der Waals surface area contributed by atoms with Crippen LogP contribution in [0.5, 0.6) is 0 Å². The van der Waals surface area contributed by atoms with Gasteiger partial charge in [0.15, 0.2) is 0 Å². The molecule has 3 heteroatoms. The molecule has 0 radical (unpaired) electrons. The first-order valence-electron chi connectivity index (χ1n) is 6.44. The highest BCUT2D eigenvalue weighted by atomic mass is 32.1. The molecule has 1 aliphatic carbocycles. The zero-order valence-corrected chi connectivity index (χ0v) is 11.2. The van der Waals surface area contributed by atoms with Crippen LogP contribution in [0.4, 0.5) is 0 Å². The zero-order chi connectivity index (χ0) is 11.4. The van der Waals surface area contributed by atoms with Gasteiger partial charge in [-0.25, -0.2) is 4.98 Å². The average molecular weight is 238 g/mol. The highest BCUT2D eigenvalue weighted by Gasteiger charge is 2.15. The lowest BCUT2D eigenvalue weighted by atomic mass is 10.1. The van der Waals surface area contributed by atoms with E-state index >= 15 is 0 Å². The van der Waals surface area contributed by atoms with Gasteiger partial charge in [-0.05, 0) is 44.6 Å². The largest absolute Gasteiger partial charge is 0.310 e. The minimum absolute atomic E-state index is 0.825. The quantitative estimate of drug-likeness (QED) is 0.770. The number of hydrogen-bond acceptors (Lipinski definition) is 3. The van der Waals surface area contributed by atoms with Gasteiger partial charge in [0.2, 0.25) is 0 Å². The first kappa shape index (κ1) is 12.1. The van der Waals surface area contributed by atoms with Crippen molar-refractivity contribution in [2.75, 3.05) is 6.54 Å². The lowest BCUT2D eigenvalue weighted by Gasteiger charge is -2.04. The smallest absolute Gasteiger partial charge is 0.107 e. The summed E-state index contributed by atoms with van der Waals surface area (Å²) in [6.45, 7) is 6.66. The summed E-state index contributed by atoms with van der Waals surface area (Å²) < 4.78 is 0. The van der Waals surface area contributed by atoms with E-state index in [0.29, 0.717) is 0 Å². The highest BCUT2D eigenvalue weighted by Crippen LogP contribution is 2.27. The normalized spacial score (nSPS) is 14.7. The summed E-state index contributed by atoms with van der Waals surface area (Å²) >= 11 is 1.91. The van der Waals surface area contributed by atoms with Crippen LogP contribution in [0, 0.1) is 5.92 Å². The van der Waals surface area contributed by atoms with Gasteiger partial charge in [-0.2, -0.15) is 0 Å². The lowest BCUT2D eigenvalue weighted by Crippen LogP contribution is -2.15. The molecule has 0 amide bonds. The van der Waals surface area contributed by atoms with Crippen LogP contribution in [0.1, 0.15) is 48.7 Å². The molecule has 0 aliphatic heterocycles. The Bertz CT molecular complexity index is 309. The van der Waals surface area contributed by atoms with Gasteiger partial charge >= 0.3 is 0 Å². The molecule has 0 atom stereocenters. The fraction of sp³-hybridized carbons (Fsp3) is 0.769. The van der Waals surface area contributed by atoms with E-state index in [9.17, 15) is 0 Å². The predicted octanol–water partition coefficient (Wildman–Crippen LogP) is 3.16. The maximum absolute atomic E-state index is 4.68. The third kappa shape index (κ3) is 3.29. The molecule has 90 valence electrons. The van der Waals surface area contributed by atoms with E-state index in [-0.39, 0.29) is 0 Å². The highest BCUT2D eigenvalue weighted by molar-refractivity contribution is 7.11. The molecule has 2 nitrogen and oxygen atoms in total. The van der Waals surface area contributed by atoms with Crippen LogP contribution in [0.2, 0.25) is 0 Å². The monoisotopic (exact) mass is 238 g/mol. The van der Waals surface area contributed by atoms with Crippen molar-refractivity contribution in [1.82, 2.24) is 10.3 Å². The molecule has 0 unspecified atom stereocenters. The number of aryl methyl sites for hydroxylation is 2. The first-order chi connectivity index (χ1) is 7.75. The van der Waals surface area contributed by atoms with E-state index < -0.39 is 0 Å². The molecule has 1 aliphatic rings. The van der Waals surface area contributed by atoms with Crippen LogP contribution in [-0.2, 0) is 19.4 Å². The molecule has 0 spiro atoms. The fourth-order valence-electron chi connectivity index (χ4n) is 2.15. The third-order valence-corrected chi connectivity index (χ3v) is 4.21. The Balaban J connectivity index is 1.66. The summed E-state index contributed by atoms with van der Waals surface area (Å²) in [5.74, 6) is 0.825. The van der Waals surface area contributed by atoms with Crippen molar-refractivity contribution in [3.8, 4) is 0 Å². The number of thiazole rings is 1. The molecule has 0 fully saturated rings. The Kier molecular flexibility index (Phi) is 4.36. The average Bonchev–Trinajstić information content (AvgIpc) is 2.76. The van der Waals surface area contributed by atoms with E-state index in [1.807, 2.05) is 11.3 Å². The van der Waals surface area contributed by atoms with Gasteiger partial charge in [0.25, 0.3) is 0 Å². The van der Waals surface area contributed by atoms with Crippen molar-refractivity contribution < 1.29 is 0 Å². The molecular weight excluding hydrogens is 216 g/mol. The Morgan fingerprint density at radius 3 is 3.00 bits per heavy atom. The van der Waals surface area contributed by atoms with E-state index in [0.717, 1.165) is 19.0 Å². The van der Waals surface area contributed by atoms with Crippen molar-refractivity contribution in [3.05, 3.63) is 15.6 Å². The number of nitrogens with one attached hydrogen (secondary N) is 1. The third-order valence-electron chi connectivity index (χ3n) is 3.05. The molecule has 1 aromatic rings. The van der Waals surface area contributed by atoms with Crippen LogP contribution in [0.3, 0.4) is 0 Å². The van der Waals surface area contributed by atoms with E-state index in [1.165, 1.54) is 42.8 Å². The number of fused-ring (bicyclic) bond motifs is 1. The molecule has 0 saturated heterocycles. The van der Waals surface area contributed by atoms with Gasteiger partial charge in [-0.15, -0.1) is 11.3 Å². The van der Waals surface area contributed by atoms with E-state index in [1.54, 1.807) is 4.88 Å².